The summed E-state index contributed by atoms with van der Waals surface area (Å²) < 4.78 is 12.1. The summed E-state index contributed by atoms with van der Waals surface area (Å²) in [6.45, 7) is 18.6. The van der Waals surface area contributed by atoms with Crippen molar-refractivity contribution >= 4 is 14.3 Å². The van der Waals surface area contributed by atoms with Crippen LogP contribution in [0.2, 0.25) is 18.1 Å². The van der Waals surface area contributed by atoms with Gasteiger partial charge in [-0.1, -0.05) is 79.6 Å². The van der Waals surface area contributed by atoms with Gasteiger partial charge in [0, 0.05) is 19.6 Å². The van der Waals surface area contributed by atoms with Crippen LogP contribution in [-0.2, 0) is 14.0 Å². The van der Waals surface area contributed by atoms with Gasteiger partial charge in [0.2, 0.25) is 0 Å². The third kappa shape index (κ3) is 17.1. The number of unbranched alkanes of at least 4 members (excludes halogenated alkanes) is 8. The van der Waals surface area contributed by atoms with Gasteiger partial charge in [-0.25, -0.2) is 0 Å². The summed E-state index contributed by atoms with van der Waals surface area (Å²) in [4.78, 5) is 12.3. The Morgan fingerprint density at radius 3 is 1.91 bits per heavy atom. The molecule has 32 heavy (non-hydrogen) atoms. The topological polar surface area (TPSA) is 47.6 Å². The van der Waals surface area contributed by atoms with Crippen LogP contribution in [-0.4, -0.2) is 40.1 Å². The summed E-state index contributed by atoms with van der Waals surface area (Å²) in [6.07, 6.45) is 15.8. The predicted octanol–water partition coefficient (Wildman–Crippen LogP) is 8.01. The molecule has 0 heterocycles. The fourth-order valence-corrected chi connectivity index (χ4v) is 4.57. The number of hydrogen-bond acceptors (Lipinski definition) is 4. The van der Waals surface area contributed by atoms with E-state index in [4.69, 9.17) is 9.16 Å². The Morgan fingerprint density at radius 1 is 0.812 bits per heavy atom. The zero-order valence-electron chi connectivity index (χ0n) is 22.8. The highest BCUT2D eigenvalue weighted by Crippen LogP contribution is 2.36. The smallest absolute Gasteiger partial charge is 0.306 e. The van der Waals surface area contributed by atoms with Crippen molar-refractivity contribution in [2.45, 2.75) is 149 Å². The number of ether oxygens (including phenoxy) is 1. The van der Waals surface area contributed by atoms with Crippen molar-refractivity contribution in [2.75, 3.05) is 19.7 Å². The first-order valence-electron chi connectivity index (χ1n) is 13.7. The van der Waals surface area contributed by atoms with Crippen LogP contribution in [0.15, 0.2) is 0 Å². The largest absolute Gasteiger partial charge is 0.462 e. The van der Waals surface area contributed by atoms with Crippen LogP contribution in [0.3, 0.4) is 0 Å². The maximum Gasteiger partial charge on any atom is 0.306 e. The van der Waals surface area contributed by atoms with E-state index in [9.17, 15) is 4.79 Å². The molecule has 1 N–H and O–H groups in total. The molecule has 0 amide bonds. The third-order valence-electron chi connectivity index (χ3n) is 6.84. The standard InChI is InChI=1S/C27H57NO3Si/c1-8-10-12-15-19-25(20-16-13-11-9-2)31-26(29)21-17-14-18-22-28-23-24-30-32(6,7)27(3,4)5/h25,28H,8-24H2,1-7H3. The van der Waals surface area contributed by atoms with Crippen molar-refractivity contribution in [3.05, 3.63) is 0 Å². The normalized spacial score (nSPS) is 12.5. The van der Waals surface area contributed by atoms with Gasteiger partial charge in [-0.15, -0.1) is 0 Å². The molecule has 0 aromatic rings. The molecule has 0 spiro atoms. The first-order chi connectivity index (χ1) is 15.1. The van der Waals surface area contributed by atoms with E-state index >= 15 is 0 Å². The number of carbonyl (C=O) groups excluding carboxylic acids is 1. The third-order valence-corrected chi connectivity index (χ3v) is 11.4. The van der Waals surface area contributed by atoms with Crippen molar-refractivity contribution in [3.8, 4) is 0 Å². The van der Waals surface area contributed by atoms with Gasteiger partial charge >= 0.3 is 5.97 Å². The summed E-state index contributed by atoms with van der Waals surface area (Å²) in [6, 6.07) is 0. The zero-order valence-corrected chi connectivity index (χ0v) is 23.8. The Hall–Kier alpha value is -0.393. The number of esters is 1. The lowest BCUT2D eigenvalue weighted by Gasteiger charge is -2.36. The fraction of sp³-hybridized carbons (Fsp3) is 0.963. The SMILES string of the molecule is CCCCCCC(CCCCCC)OC(=O)CCCCCNCCO[Si](C)(C)C(C)(C)C. The van der Waals surface area contributed by atoms with Gasteiger partial charge < -0.3 is 14.5 Å². The molecule has 0 saturated carbocycles. The summed E-state index contributed by atoms with van der Waals surface area (Å²) >= 11 is 0. The maximum absolute atomic E-state index is 12.3. The van der Waals surface area contributed by atoms with Gasteiger partial charge in [0.1, 0.15) is 6.10 Å². The summed E-state index contributed by atoms with van der Waals surface area (Å²) in [5.74, 6) is 0.0108. The fourth-order valence-electron chi connectivity index (χ4n) is 3.52. The Balaban J connectivity index is 3.89. The van der Waals surface area contributed by atoms with E-state index in [1.165, 1.54) is 51.4 Å². The van der Waals surface area contributed by atoms with Gasteiger partial charge in [-0.05, 0) is 63.2 Å². The Bertz CT molecular complexity index is 437. The highest BCUT2D eigenvalue weighted by molar-refractivity contribution is 6.74. The zero-order chi connectivity index (χ0) is 24.3. The van der Waals surface area contributed by atoms with Crippen molar-refractivity contribution in [2.24, 2.45) is 0 Å². The lowest BCUT2D eigenvalue weighted by Crippen LogP contribution is -2.42. The minimum atomic E-state index is -1.63. The van der Waals surface area contributed by atoms with Crippen LogP contribution in [0, 0.1) is 0 Å². The maximum atomic E-state index is 12.3. The molecule has 0 aliphatic rings. The highest BCUT2D eigenvalue weighted by Gasteiger charge is 2.36. The van der Waals surface area contributed by atoms with Crippen LogP contribution in [0.1, 0.15) is 125 Å². The van der Waals surface area contributed by atoms with E-state index in [1.807, 2.05) is 0 Å². The minimum Gasteiger partial charge on any atom is -0.462 e. The highest BCUT2D eigenvalue weighted by atomic mass is 28.4. The molecule has 5 heteroatoms. The first kappa shape index (κ1) is 31.6. The van der Waals surface area contributed by atoms with Crippen molar-refractivity contribution < 1.29 is 14.0 Å². The minimum absolute atomic E-state index is 0.0108. The van der Waals surface area contributed by atoms with E-state index in [-0.39, 0.29) is 17.1 Å². The molecule has 0 aromatic heterocycles. The lowest BCUT2D eigenvalue weighted by molar-refractivity contribution is -0.150. The molecular weight excluding hydrogens is 414 g/mol. The summed E-state index contributed by atoms with van der Waals surface area (Å²) in [5.41, 5.74) is 0. The van der Waals surface area contributed by atoms with Crippen molar-refractivity contribution in [3.63, 3.8) is 0 Å². The molecule has 0 bridgehead atoms. The average molecular weight is 472 g/mol. The first-order valence-corrected chi connectivity index (χ1v) is 16.6. The number of carbonyl (C=O) groups is 1. The molecule has 0 atom stereocenters. The molecule has 0 rings (SSSR count). The number of hydrogen-bond donors (Lipinski definition) is 1. The second-order valence-electron chi connectivity index (χ2n) is 11.0. The molecule has 0 fully saturated rings. The number of nitrogens with one attached hydrogen (secondary N) is 1. The van der Waals surface area contributed by atoms with E-state index in [2.05, 4.69) is 53.0 Å². The van der Waals surface area contributed by atoms with Gasteiger partial charge in [0.25, 0.3) is 0 Å². The molecular formula is C27H57NO3Si. The number of rotatable bonds is 21. The van der Waals surface area contributed by atoms with Crippen LogP contribution in [0.5, 0.6) is 0 Å². The van der Waals surface area contributed by atoms with Gasteiger partial charge in [0.05, 0.1) is 0 Å². The summed E-state index contributed by atoms with van der Waals surface area (Å²) in [7, 11) is -1.63. The predicted molar refractivity (Wildman–Crippen MR) is 142 cm³/mol. The molecule has 0 unspecified atom stereocenters. The Kier molecular flexibility index (Phi) is 18.7. The Labute approximate surface area is 202 Å². The van der Waals surface area contributed by atoms with Crippen LogP contribution in [0.25, 0.3) is 0 Å². The van der Waals surface area contributed by atoms with Crippen LogP contribution >= 0.6 is 0 Å². The molecule has 192 valence electrons. The Morgan fingerprint density at radius 2 is 1.38 bits per heavy atom. The second kappa shape index (κ2) is 19.0. The van der Waals surface area contributed by atoms with Gasteiger partial charge in [0.15, 0.2) is 8.32 Å². The second-order valence-corrected chi connectivity index (χ2v) is 15.8. The van der Waals surface area contributed by atoms with Crippen LogP contribution in [0.4, 0.5) is 0 Å². The molecule has 0 aromatic carbocycles. The molecule has 0 saturated heterocycles. The summed E-state index contributed by atoms with van der Waals surface area (Å²) in [5, 5.41) is 3.75. The average Bonchev–Trinajstić information content (AvgIpc) is 2.71. The quantitative estimate of drug-likeness (QED) is 0.105. The van der Waals surface area contributed by atoms with E-state index < -0.39 is 8.32 Å². The monoisotopic (exact) mass is 471 g/mol. The lowest BCUT2D eigenvalue weighted by atomic mass is 10.0. The molecule has 4 nitrogen and oxygen atoms in total. The van der Waals surface area contributed by atoms with E-state index in [0.29, 0.717) is 6.42 Å². The van der Waals surface area contributed by atoms with Crippen molar-refractivity contribution in [1.29, 1.82) is 0 Å². The molecule has 0 aliphatic heterocycles. The molecule has 0 radical (unpaired) electrons. The van der Waals surface area contributed by atoms with Crippen molar-refractivity contribution in [1.82, 2.24) is 5.32 Å². The van der Waals surface area contributed by atoms with E-state index in [0.717, 1.165) is 51.8 Å². The van der Waals surface area contributed by atoms with Gasteiger partial charge in [-0.2, -0.15) is 0 Å². The van der Waals surface area contributed by atoms with Crippen LogP contribution < -0.4 is 5.32 Å². The van der Waals surface area contributed by atoms with Gasteiger partial charge in [-0.3, -0.25) is 4.79 Å². The van der Waals surface area contributed by atoms with E-state index in [1.54, 1.807) is 0 Å². The molecule has 0 aliphatic carbocycles.